The van der Waals surface area contributed by atoms with E-state index in [1.54, 1.807) is 0 Å². The molecule has 19 heavy (non-hydrogen) atoms. The minimum absolute atomic E-state index is 0.379. The lowest BCUT2D eigenvalue weighted by molar-refractivity contribution is 0.478. The van der Waals surface area contributed by atoms with Crippen LogP contribution in [0.25, 0.3) is 0 Å². The van der Waals surface area contributed by atoms with Crippen molar-refractivity contribution in [3.63, 3.8) is 0 Å². The van der Waals surface area contributed by atoms with Gasteiger partial charge in [-0.15, -0.1) is 0 Å². The van der Waals surface area contributed by atoms with Crippen LogP contribution >= 0.6 is 0 Å². The molecule has 0 saturated heterocycles. The number of hydrogen-bond donors (Lipinski definition) is 1. The Morgan fingerprint density at radius 2 is 2.05 bits per heavy atom. The summed E-state index contributed by atoms with van der Waals surface area (Å²) in [5.41, 5.74) is 1.17. The lowest BCUT2D eigenvalue weighted by atomic mass is 10.3. The summed E-state index contributed by atoms with van der Waals surface area (Å²) in [5.74, 6) is 0.914. The molecule has 5 heteroatoms. The lowest BCUT2D eigenvalue weighted by Gasteiger charge is -2.11. The maximum atomic E-state index is 4.53. The van der Waals surface area contributed by atoms with Crippen molar-refractivity contribution in [3.8, 4) is 0 Å². The molecule has 0 spiro atoms. The van der Waals surface area contributed by atoms with Gasteiger partial charge in [0.15, 0.2) is 0 Å². The van der Waals surface area contributed by atoms with Crippen LogP contribution in [0.1, 0.15) is 51.9 Å². The summed E-state index contributed by atoms with van der Waals surface area (Å²) in [5, 5.41) is 12.2. The zero-order valence-corrected chi connectivity index (χ0v) is 12.2. The second-order valence-electron chi connectivity index (χ2n) is 5.15. The first-order valence-corrected chi connectivity index (χ1v) is 6.93. The maximum absolute atomic E-state index is 4.53. The topological polar surface area (TPSA) is 47.7 Å². The predicted octanol–water partition coefficient (Wildman–Crippen LogP) is 3.24. The number of rotatable bonds is 6. The smallest absolute Gasteiger partial charge is 0.148 e. The van der Waals surface area contributed by atoms with Crippen molar-refractivity contribution in [2.45, 2.75) is 52.7 Å². The zero-order chi connectivity index (χ0) is 13.8. The van der Waals surface area contributed by atoms with Gasteiger partial charge in [-0.3, -0.25) is 9.36 Å². The molecule has 0 unspecified atom stereocenters. The molecule has 0 aromatic carbocycles. The van der Waals surface area contributed by atoms with E-state index in [9.17, 15) is 0 Å². The summed E-state index contributed by atoms with van der Waals surface area (Å²) in [7, 11) is 0. The van der Waals surface area contributed by atoms with Crippen LogP contribution in [0.3, 0.4) is 0 Å². The normalized spacial score (nSPS) is 12.9. The summed E-state index contributed by atoms with van der Waals surface area (Å²) in [4.78, 5) is 0. The molecular weight excluding hydrogens is 238 g/mol. The molecule has 2 rings (SSSR count). The van der Waals surface area contributed by atoms with Gasteiger partial charge >= 0.3 is 0 Å². The summed E-state index contributed by atoms with van der Waals surface area (Å²) in [6.07, 6.45) is 4.95. The molecule has 0 fully saturated rings. The molecular formula is C14H23N5. The van der Waals surface area contributed by atoms with E-state index in [1.807, 2.05) is 33.9 Å². The first-order valence-electron chi connectivity index (χ1n) is 6.93. The van der Waals surface area contributed by atoms with Gasteiger partial charge in [-0.05, 0) is 33.3 Å². The van der Waals surface area contributed by atoms with Crippen molar-refractivity contribution < 1.29 is 0 Å². The molecule has 2 aromatic rings. The third-order valence-corrected chi connectivity index (χ3v) is 3.34. The van der Waals surface area contributed by atoms with Crippen LogP contribution < -0.4 is 5.32 Å². The van der Waals surface area contributed by atoms with Gasteiger partial charge in [-0.25, -0.2) is 0 Å². The molecule has 0 bridgehead atoms. The van der Waals surface area contributed by atoms with Crippen LogP contribution in [0.5, 0.6) is 0 Å². The monoisotopic (exact) mass is 261 g/mol. The van der Waals surface area contributed by atoms with Crippen LogP contribution in [-0.2, 0) is 6.54 Å². The van der Waals surface area contributed by atoms with E-state index in [0.29, 0.717) is 12.1 Å². The Morgan fingerprint density at radius 1 is 1.26 bits per heavy atom. The van der Waals surface area contributed by atoms with Crippen molar-refractivity contribution in [1.29, 1.82) is 0 Å². The molecule has 1 atom stereocenters. The van der Waals surface area contributed by atoms with E-state index in [-0.39, 0.29) is 0 Å². The minimum Gasteiger partial charge on any atom is -0.363 e. The average molecular weight is 261 g/mol. The highest BCUT2D eigenvalue weighted by atomic mass is 15.3. The Balaban J connectivity index is 1.98. The highest BCUT2D eigenvalue weighted by Crippen LogP contribution is 2.13. The van der Waals surface area contributed by atoms with Crippen molar-refractivity contribution in [2.75, 3.05) is 5.32 Å². The molecule has 2 heterocycles. The molecule has 0 aliphatic rings. The van der Waals surface area contributed by atoms with E-state index in [2.05, 4.69) is 43.2 Å². The fraction of sp³-hybridized carbons (Fsp3) is 0.571. The van der Waals surface area contributed by atoms with Gasteiger partial charge in [0.2, 0.25) is 0 Å². The fourth-order valence-electron chi connectivity index (χ4n) is 1.99. The Labute approximate surface area is 114 Å². The third kappa shape index (κ3) is 3.16. The van der Waals surface area contributed by atoms with E-state index >= 15 is 0 Å². The van der Waals surface area contributed by atoms with Gasteiger partial charge < -0.3 is 5.32 Å². The Bertz CT molecular complexity index is 511. The molecule has 2 aromatic heterocycles. The fourth-order valence-corrected chi connectivity index (χ4v) is 1.99. The van der Waals surface area contributed by atoms with Crippen LogP contribution in [-0.4, -0.2) is 19.6 Å². The summed E-state index contributed by atoms with van der Waals surface area (Å²) in [6, 6.07) is 4.88. The molecule has 1 N–H and O–H groups in total. The minimum atomic E-state index is 0.379. The van der Waals surface area contributed by atoms with Crippen molar-refractivity contribution in [2.24, 2.45) is 0 Å². The maximum Gasteiger partial charge on any atom is 0.148 e. The highest BCUT2D eigenvalue weighted by Gasteiger charge is 2.07. The largest absolute Gasteiger partial charge is 0.363 e. The number of aromatic nitrogens is 4. The van der Waals surface area contributed by atoms with Gasteiger partial charge in [0.25, 0.3) is 0 Å². The van der Waals surface area contributed by atoms with Crippen molar-refractivity contribution >= 4 is 5.82 Å². The number of nitrogens with one attached hydrogen (secondary N) is 1. The molecule has 0 aliphatic heterocycles. The zero-order valence-electron chi connectivity index (χ0n) is 12.2. The van der Waals surface area contributed by atoms with E-state index in [0.717, 1.165) is 18.8 Å². The number of anilines is 1. The van der Waals surface area contributed by atoms with Gasteiger partial charge in [0.1, 0.15) is 5.82 Å². The molecule has 0 radical (unpaired) electrons. The Morgan fingerprint density at radius 3 is 2.74 bits per heavy atom. The lowest BCUT2D eigenvalue weighted by Crippen LogP contribution is -2.11. The first-order chi connectivity index (χ1) is 9.11. The van der Waals surface area contributed by atoms with Gasteiger partial charge in [0.05, 0.1) is 12.2 Å². The second-order valence-corrected chi connectivity index (χ2v) is 5.15. The summed E-state index contributed by atoms with van der Waals surface area (Å²) >= 11 is 0. The Kier molecular flexibility index (Phi) is 4.24. The standard InChI is InChI=1S/C14H23N5/c1-5-12(4)18-9-7-14(17-18)15-10-13-6-8-16-19(13)11(2)3/h6-9,11-12H,5,10H2,1-4H3,(H,15,17)/t12-/m1/s1. The molecule has 0 amide bonds. The second kappa shape index (κ2) is 5.91. The van der Waals surface area contributed by atoms with Crippen LogP contribution in [0.4, 0.5) is 5.82 Å². The van der Waals surface area contributed by atoms with Crippen molar-refractivity contribution in [3.05, 3.63) is 30.2 Å². The molecule has 0 saturated carbocycles. The predicted molar refractivity (Wildman–Crippen MR) is 77.2 cm³/mol. The average Bonchev–Trinajstić information content (AvgIpc) is 3.04. The summed E-state index contributed by atoms with van der Waals surface area (Å²) in [6.45, 7) is 9.35. The van der Waals surface area contributed by atoms with E-state index < -0.39 is 0 Å². The van der Waals surface area contributed by atoms with Crippen LogP contribution in [0, 0.1) is 0 Å². The molecule has 0 aliphatic carbocycles. The van der Waals surface area contributed by atoms with Crippen LogP contribution in [0.2, 0.25) is 0 Å². The highest BCUT2D eigenvalue weighted by molar-refractivity contribution is 5.33. The van der Waals surface area contributed by atoms with E-state index in [4.69, 9.17) is 0 Å². The number of nitrogens with zero attached hydrogens (tertiary/aromatic N) is 4. The van der Waals surface area contributed by atoms with Crippen molar-refractivity contribution in [1.82, 2.24) is 19.6 Å². The molecule has 5 nitrogen and oxygen atoms in total. The quantitative estimate of drug-likeness (QED) is 0.868. The SMILES string of the molecule is CC[C@@H](C)n1ccc(NCc2ccnn2C(C)C)n1. The van der Waals surface area contributed by atoms with Gasteiger partial charge in [0, 0.05) is 30.5 Å². The van der Waals surface area contributed by atoms with Gasteiger partial charge in [-0.2, -0.15) is 10.2 Å². The van der Waals surface area contributed by atoms with E-state index in [1.165, 1.54) is 5.69 Å². The third-order valence-electron chi connectivity index (χ3n) is 3.34. The summed E-state index contributed by atoms with van der Waals surface area (Å²) < 4.78 is 4.03. The van der Waals surface area contributed by atoms with Gasteiger partial charge in [-0.1, -0.05) is 6.92 Å². The number of hydrogen-bond acceptors (Lipinski definition) is 3. The molecule has 104 valence electrons. The Hall–Kier alpha value is -1.78. The van der Waals surface area contributed by atoms with Crippen LogP contribution in [0.15, 0.2) is 24.5 Å². The first kappa shape index (κ1) is 13.6.